The Morgan fingerprint density at radius 1 is 1.26 bits per heavy atom. The van der Waals surface area contributed by atoms with Crippen LogP contribution in [0.15, 0.2) is 12.1 Å². The van der Waals surface area contributed by atoms with E-state index in [0.717, 1.165) is 30.8 Å². The molecule has 0 bridgehead atoms. The standard InChI is InChI=1S/C15H22N2O2/c1-11-9-12(2)14(16)10-13(11)15(18)19-8-7-17-5-3-4-6-17/h9-10H,3-8,16H2,1-2H3. The highest BCUT2D eigenvalue weighted by molar-refractivity contribution is 5.92. The van der Waals surface area contributed by atoms with Crippen LogP contribution in [-0.4, -0.2) is 37.1 Å². The number of ether oxygens (including phenoxy) is 1. The van der Waals surface area contributed by atoms with E-state index < -0.39 is 0 Å². The zero-order chi connectivity index (χ0) is 13.8. The third-order valence-corrected chi connectivity index (χ3v) is 3.67. The molecule has 1 heterocycles. The maximum absolute atomic E-state index is 12.0. The monoisotopic (exact) mass is 262 g/mol. The number of nitrogens with two attached hydrogens (primary N) is 1. The number of nitrogen functional groups attached to an aromatic ring is 1. The van der Waals surface area contributed by atoms with Gasteiger partial charge in [-0.3, -0.25) is 4.90 Å². The smallest absolute Gasteiger partial charge is 0.338 e. The number of hydrogen-bond acceptors (Lipinski definition) is 4. The first-order valence-corrected chi connectivity index (χ1v) is 6.84. The number of benzene rings is 1. The van der Waals surface area contributed by atoms with Crippen molar-refractivity contribution >= 4 is 11.7 Å². The van der Waals surface area contributed by atoms with Gasteiger partial charge in [-0.05, 0) is 57.0 Å². The van der Waals surface area contributed by atoms with E-state index in [4.69, 9.17) is 10.5 Å². The molecule has 19 heavy (non-hydrogen) atoms. The van der Waals surface area contributed by atoms with Crippen molar-refractivity contribution in [3.8, 4) is 0 Å². The quantitative estimate of drug-likeness (QED) is 0.667. The fraction of sp³-hybridized carbons (Fsp3) is 0.533. The summed E-state index contributed by atoms with van der Waals surface area (Å²) < 4.78 is 5.33. The van der Waals surface area contributed by atoms with Gasteiger partial charge in [0.15, 0.2) is 0 Å². The first-order chi connectivity index (χ1) is 9.08. The lowest BCUT2D eigenvalue weighted by molar-refractivity contribution is 0.0471. The minimum Gasteiger partial charge on any atom is -0.461 e. The summed E-state index contributed by atoms with van der Waals surface area (Å²) in [6.07, 6.45) is 2.50. The summed E-state index contributed by atoms with van der Waals surface area (Å²) in [7, 11) is 0. The Balaban J connectivity index is 1.90. The zero-order valence-electron chi connectivity index (χ0n) is 11.7. The van der Waals surface area contributed by atoms with E-state index in [0.29, 0.717) is 17.9 Å². The average Bonchev–Trinajstić information content (AvgIpc) is 2.86. The molecule has 2 N–H and O–H groups in total. The number of aryl methyl sites for hydroxylation is 2. The van der Waals surface area contributed by atoms with Crippen LogP contribution in [0.5, 0.6) is 0 Å². The minimum atomic E-state index is -0.275. The van der Waals surface area contributed by atoms with Gasteiger partial charge >= 0.3 is 5.97 Å². The molecule has 0 saturated carbocycles. The van der Waals surface area contributed by atoms with Crippen LogP contribution in [0.2, 0.25) is 0 Å². The third kappa shape index (κ3) is 3.47. The van der Waals surface area contributed by atoms with Gasteiger partial charge in [0.05, 0.1) is 5.56 Å². The van der Waals surface area contributed by atoms with E-state index in [2.05, 4.69) is 4.90 Å². The van der Waals surface area contributed by atoms with Crippen molar-refractivity contribution in [1.82, 2.24) is 4.90 Å². The Kier molecular flexibility index (Phi) is 4.43. The average molecular weight is 262 g/mol. The molecule has 104 valence electrons. The number of rotatable bonds is 4. The molecule has 1 fully saturated rings. The number of carbonyl (C=O) groups excluding carboxylic acids is 1. The Morgan fingerprint density at radius 2 is 1.95 bits per heavy atom. The molecular formula is C15H22N2O2. The van der Waals surface area contributed by atoms with Gasteiger partial charge in [-0.1, -0.05) is 6.07 Å². The van der Waals surface area contributed by atoms with Crippen molar-refractivity contribution in [2.45, 2.75) is 26.7 Å². The van der Waals surface area contributed by atoms with Crippen molar-refractivity contribution in [3.63, 3.8) is 0 Å². The number of anilines is 1. The second-order valence-corrected chi connectivity index (χ2v) is 5.21. The van der Waals surface area contributed by atoms with Crippen LogP contribution in [0.3, 0.4) is 0 Å². The SMILES string of the molecule is Cc1cc(C)c(C(=O)OCCN2CCCC2)cc1N. The number of hydrogen-bond donors (Lipinski definition) is 1. The van der Waals surface area contributed by atoms with Gasteiger partial charge in [0.1, 0.15) is 6.61 Å². The molecule has 0 radical (unpaired) electrons. The fourth-order valence-electron chi connectivity index (χ4n) is 2.44. The van der Waals surface area contributed by atoms with Crippen LogP contribution in [0, 0.1) is 13.8 Å². The predicted octanol–water partition coefficient (Wildman–Crippen LogP) is 2.14. The van der Waals surface area contributed by atoms with Crippen LogP contribution in [0.4, 0.5) is 5.69 Å². The molecule has 1 aromatic carbocycles. The summed E-state index contributed by atoms with van der Waals surface area (Å²) in [6, 6.07) is 3.63. The number of esters is 1. The maximum atomic E-state index is 12.0. The number of nitrogens with zero attached hydrogens (tertiary/aromatic N) is 1. The lowest BCUT2D eigenvalue weighted by atomic mass is 10.0. The van der Waals surface area contributed by atoms with Crippen LogP contribution < -0.4 is 5.73 Å². The molecule has 0 amide bonds. The lowest BCUT2D eigenvalue weighted by Gasteiger charge is -2.15. The molecule has 0 aromatic heterocycles. The van der Waals surface area contributed by atoms with Crippen molar-refractivity contribution in [3.05, 3.63) is 28.8 Å². The maximum Gasteiger partial charge on any atom is 0.338 e. The molecule has 1 aliphatic rings. The molecule has 0 aliphatic carbocycles. The Labute approximate surface area is 114 Å². The van der Waals surface area contributed by atoms with Crippen molar-refractivity contribution < 1.29 is 9.53 Å². The summed E-state index contributed by atoms with van der Waals surface area (Å²) >= 11 is 0. The molecule has 4 nitrogen and oxygen atoms in total. The summed E-state index contributed by atoms with van der Waals surface area (Å²) in [5, 5.41) is 0. The first-order valence-electron chi connectivity index (χ1n) is 6.84. The largest absolute Gasteiger partial charge is 0.461 e. The molecule has 2 rings (SSSR count). The molecule has 0 atom stereocenters. The van der Waals surface area contributed by atoms with E-state index >= 15 is 0 Å². The zero-order valence-corrected chi connectivity index (χ0v) is 11.7. The highest BCUT2D eigenvalue weighted by atomic mass is 16.5. The molecule has 1 saturated heterocycles. The summed E-state index contributed by atoms with van der Waals surface area (Å²) in [5.74, 6) is -0.275. The Hall–Kier alpha value is -1.55. The molecule has 1 aromatic rings. The van der Waals surface area contributed by atoms with Crippen molar-refractivity contribution in [1.29, 1.82) is 0 Å². The summed E-state index contributed by atoms with van der Waals surface area (Å²) in [5.41, 5.74) is 8.96. The van der Waals surface area contributed by atoms with Crippen LogP contribution in [0.1, 0.15) is 34.3 Å². The normalized spacial score (nSPS) is 15.7. The summed E-state index contributed by atoms with van der Waals surface area (Å²) in [6.45, 7) is 7.36. The van der Waals surface area contributed by atoms with E-state index in [1.807, 2.05) is 19.9 Å². The molecule has 4 heteroatoms. The second-order valence-electron chi connectivity index (χ2n) is 5.21. The number of likely N-dealkylation sites (tertiary alicyclic amines) is 1. The first kappa shape index (κ1) is 13.9. The minimum absolute atomic E-state index is 0.275. The van der Waals surface area contributed by atoms with Crippen molar-refractivity contribution in [2.75, 3.05) is 32.0 Å². The van der Waals surface area contributed by atoms with Gasteiger partial charge < -0.3 is 10.5 Å². The lowest BCUT2D eigenvalue weighted by Crippen LogP contribution is -2.25. The van der Waals surface area contributed by atoms with Gasteiger partial charge in [0.2, 0.25) is 0 Å². The fourth-order valence-corrected chi connectivity index (χ4v) is 2.44. The van der Waals surface area contributed by atoms with Crippen LogP contribution in [-0.2, 0) is 4.74 Å². The molecule has 0 unspecified atom stereocenters. The van der Waals surface area contributed by atoms with Gasteiger partial charge in [0, 0.05) is 12.2 Å². The van der Waals surface area contributed by atoms with Crippen molar-refractivity contribution in [2.24, 2.45) is 0 Å². The Bertz CT molecular complexity index is 465. The van der Waals surface area contributed by atoms with Gasteiger partial charge in [-0.15, -0.1) is 0 Å². The van der Waals surface area contributed by atoms with Gasteiger partial charge in [-0.25, -0.2) is 4.79 Å². The van der Waals surface area contributed by atoms with E-state index in [-0.39, 0.29) is 5.97 Å². The van der Waals surface area contributed by atoms with Crippen LogP contribution >= 0.6 is 0 Å². The Morgan fingerprint density at radius 3 is 2.63 bits per heavy atom. The van der Waals surface area contributed by atoms with Gasteiger partial charge in [-0.2, -0.15) is 0 Å². The molecular weight excluding hydrogens is 240 g/mol. The predicted molar refractivity (Wildman–Crippen MR) is 76.3 cm³/mol. The van der Waals surface area contributed by atoms with Crippen LogP contribution in [0.25, 0.3) is 0 Å². The topological polar surface area (TPSA) is 55.6 Å². The summed E-state index contributed by atoms with van der Waals surface area (Å²) in [4.78, 5) is 14.3. The highest BCUT2D eigenvalue weighted by Gasteiger charge is 2.14. The van der Waals surface area contributed by atoms with E-state index in [9.17, 15) is 4.79 Å². The third-order valence-electron chi connectivity index (χ3n) is 3.67. The number of carbonyl (C=O) groups is 1. The molecule has 0 spiro atoms. The second kappa shape index (κ2) is 6.06. The van der Waals surface area contributed by atoms with E-state index in [1.54, 1.807) is 6.07 Å². The highest BCUT2D eigenvalue weighted by Crippen LogP contribution is 2.18. The van der Waals surface area contributed by atoms with Gasteiger partial charge in [0.25, 0.3) is 0 Å². The van der Waals surface area contributed by atoms with E-state index in [1.165, 1.54) is 12.8 Å². The molecule has 1 aliphatic heterocycles.